The monoisotopic (exact) mass is 366 g/mol. The molecule has 6 heteroatoms. The van der Waals surface area contributed by atoms with E-state index in [1.807, 2.05) is 30.3 Å². The third-order valence-electron chi connectivity index (χ3n) is 4.57. The average molecular weight is 366 g/mol. The van der Waals surface area contributed by atoms with Crippen molar-refractivity contribution in [1.29, 1.82) is 0 Å². The second kappa shape index (κ2) is 10.9. The minimum absolute atomic E-state index is 0.111. The fourth-order valence-electron chi connectivity index (χ4n) is 3.30. The van der Waals surface area contributed by atoms with E-state index in [2.05, 4.69) is 55.6 Å². The molecule has 0 N–H and O–H groups in total. The van der Waals surface area contributed by atoms with E-state index in [9.17, 15) is 4.79 Å². The van der Waals surface area contributed by atoms with E-state index in [0.29, 0.717) is 5.56 Å². The van der Waals surface area contributed by atoms with Crippen LogP contribution < -0.4 is 0 Å². The molecule has 0 saturated heterocycles. The summed E-state index contributed by atoms with van der Waals surface area (Å²) in [7, 11) is -2.27. The summed E-state index contributed by atoms with van der Waals surface area (Å²) in [5.74, 6) is -0.111. The van der Waals surface area contributed by atoms with Crippen molar-refractivity contribution in [2.45, 2.75) is 41.5 Å². The second-order valence-electron chi connectivity index (χ2n) is 5.72. The van der Waals surface area contributed by atoms with Crippen molar-refractivity contribution in [3.8, 4) is 0 Å². The van der Waals surface area contributed by atoms with Crippen molar-refractivity contribution in [2.24, 2.45) is 4.74 Å². The number of hydrogen-bond donors (Lipinski definition) is 0. The van der Waals surface area contributed by atoms with Crippen LogP contribution in [0, 0.1) is 0 Å². The van der Waals surface area contributed by atoms with Gasteiger partial charge in [-0.25, -0.2) is 14.0 Å². The van der Waals surface area contributed by atoms with Gasteiger partial charge in [0, 0.05) is 44.8 Å². The summed E-state index contributed by atoms with van der Waals surface area (Å²) in [5.41, 5.74) is 0.665. The topological polar surface area (TPSA) is 39.2 Å². The van der Waals surface area contributed by atoms with Crippen LogP contribution in [0.4, 0.5) is 0 Å². The largest absolute Gasteiger partial charge is 0.279 e. The standard InChI is InChI=1S/C19H35N4OP/c1-7-21(8-2)25(22(9-3)10-4,23(11-5)12-6)20-19(24)18-16-14-13-15-17-18/h13-17H,7-12H2,1-6H3. The highest BCUT2D eigenvalue weighted by molar-refractivity contribution is 7.59. The van der Waals surface area contributed by atoms with Gasteiger partial charge in [0.15, 0.2) is 7.51 Å². The van der Waals surface area contributed by atoms with E-state index in [0.717, 1.165) is 39.3 Å². The van der Waals surface area contributed by atoms with Crippen LogP contribution in [0.25, 0.3) is 0 Å². The summed E-state index contributed by atoms with van der Waals surface area (Å²) in [5, 5.41) is 0. The number of carbonyl (C=O) groups excluding carboxylic acids is 1. The molecule has 142 valence electrons. The number of nitrogens with zero attached hydrogens (tertiary/aromatic N) is 4. The first-order chi connectivity index (χ1) is 12.0. The molecule has 25 heavy (non-hydrogen) atoms. The number of rotatable bonds is 10. The van der Waals surface area contributed by atoms with E-state index in [4.69, 9.17) is 4.74 Å². The molecule has 0 aliphatic heterocycles. The Labute approximate surface area is 154 Å². The number of benzene rings is 1. The lowest BCUT2D eigenvalue weighted by molar-refractivity contribution is 0.100. The molecule has 0 heterocycles. The Morgan fingerprint density at radius 3 is 1.44 bits per heavy atom. The van der Waals surface area contributed by atoms with Crippen LogP contribution in [-0.2, 0) is 0 Å². The Balaban J connectivity index is 3.66. The van der Waals surface area contributed by atoms with E-state index >= 15 is 0 Å². The van der Waals surface area contributed by atoms with Gasteiger partial charge in [0.2, 0.25) is 0 Å². The molecule has 0 unspecified atom stereocenters. The lowest BCUT2D eigenvalue weighted by atomic mass is 10.2. The molecular formula is C19H35N4OP. The molecule has 0 aliphatic carbocycles. The highest BCUT2D eigenvalue weighted by Crippen LogP contribution is 2.59. The first kappa shape index (κ1) is 22.0. The summed E-state index contributed by atoms with van der Waals surface area (Å²) in [6.07, 6.45) is 0. The molecule has 5 nitrogen and oxygen atoms in total. The minimum Gasteiger partial charge on any atom is -0.267 e. The van der Waals surface area contributed by atoms with Gasteiger partial charge < -0.3 is 0 Å². The number of carbonyl (C=O) groups is 1. The zero-order valence-corrected chi connectivity index (χ0v) is 17.7. The van der Waals surface area contributed by atoms with Crippen molar-refractivity contribution < 1.29 is 4.79 Å². The van der Waals surface area contributed by atoms with E-state index in [1.165, 1.54) is 0 Å². The molecule has 0 radical (unpaired) electrons. The van der Waals surface area contributed by atoms with Crippen LogP contribution >= 0.6 is 7.51 Å². The van der Waals surface area contributed by atoms with Crippen molar-refractivity contribution in [3.05, 3.63) is 35.9 Å². The molecule has 1 amide bonds. The smallest absolute Gasteiger partial charge is 0.267 e. The molecule has 0 aromatic heterocycles. The van der Waals surface area contributed by atoms with Crippen molar-refractivity contribution in [2.75, 3.05) is 39.3 Å². The maximum Gasteiger partial charge on any atom is 0.279 e. The van der Waals surface area contributed by atoms with Crippen molar-refractivity contribution >= 4 is 13.4 Å². The Morgan fingerprint density at radius 2 is 1.12 bits per heavy atom. The lowest BCUT2D eigenvalue weighted by Gasteiger charge is -2.48. The fraction of sp³-hybridized carbons (Fsp3) is 0.632. The minimum atomic E-state index is -2.27. The van der Waals surface area contributed by atoms with Gasteiger partial charge in [0.05, 0.1) is 0 Å². The summed E-state index contributed by atoms with van der Waals surface area (Å²) in [6.45, 7) is 18.2. The van der Waals surface area contributed by atoms with Crippen LogP contribution in [0.15, 0.2) is 35.1 Å². The highest BCUT2D eigenvalue weighted by atomic mass is 31.2. The van der Waals surface area contributed by atoms with Crippen molar-refractivity contribution in [3.63, 3.8) is 0 Å². The number of amides is 1. The SMILES string of the molecule is CCN(CC)P(=NC(=O)c1ccccc1)(N(CC)CC)N(CC)CC. The third-order valence-corrected chi connectivity index (χ3v) is 9.00. The molecule has 0 fully saturated rings. The van der Waals surface area contributed by atoms with E-state index < -0.39 is 7.51 Å². The van der Waals surface area contributed by atoms with Crippen LogP contribution in [0.2, 0.25) is 0 Å². The molecule has 0 saturated carbocycles. The third kappa shape index (κ3) is 4.79. The maximum atomic E-state index is 13.1. The van der Waals surface area contributed by atoms with Crippen LogP contribution in [0.1, 0.15) is 51.9 Å². The summed E-state index contributed by atoms with van der Waals surface area (Å²) in [6, 6.07) is 9.43. The van der Waals surface area contributed by atoms with Gasteiger partial charge in [-0.2, -0.15) is 4.74 Å². The first-order valence-electron chi connectivity index (χ1n) is 9.53. The summed E-state index contributed by atoms with van der Waals surface area (Å²) in [4.78, 5) is 13.1. The van der Waals surface area contributed by atoms with Gasteiger partial charge >= 0.3 is 0 Å². The van der Waals surface area contributed by atoms with Gasteiger partial charge in [-0.05, 0) is 12.1 Å². The molecule has 0 spiro atoms. The molecule has 1 aromatic rings. The van der Waals surface area contributed by atoms with Gasteiger partial charge in [0.1, 0.15) is 0 Å². The zero-order chi connectivity index (χ0) is 18.9. The molecule has 0 aliphatic rings. The number of hydrogen-bond acceptors (Lipinski definition) is 1. The van der Waals surface area contributed by atoms with Crippen LogP contribution in [0.5, 0.6) is 0 Å². The summed E-state index contributed by atoms with van der Waals surface area (Å²) >= 11 is 0. The van der Waals surface area contributed by atoms with Gasteiger partial charge in [0.25, 0.3) is 5.91 Å². The second-order valence-corrected chi connectivity index (χ2v) is 8.69. The van der Waals surface area contributed by atoms with Gasteiger partial charge in [-0.15, -0.1) is 0 Å². The Morgan fingerprint density at radius 1 is 0.760 bits per heavy atom. The molecule has 1 aromatic carbocycles. The lowest BCUT2D eigenvalue weighted by Crippen LogP contribution is -2.41. The molecular weight excluding hydrogens is 331 g/mol. The quantitative estimate of drug-likeness (QED) is 0.558. The molecule has 0 bridgehead atoms. The Bertz CT molecular complexity index is 526. The molecule has 1 rings (SSSR count). The van der Waals surface area contributed by atoms with Gasteiger partial charge in [-0.1, -0.05) is 59.7 Å². The van der Waals surface area contributed by atoms with E-state index in [1.54, 1.807) is 0 Å². The first-order valence-corrected chi connectivity index (χ1v) is 11.1. The zero-order valence-electron chi connectivity index (χ0n) is 16.8. The van der Waals surface area contributed by atoms with E-state index in [-0.39, 0.29) is 5.91 Å². The fourth-order valence-corrected chi connectivity index (χ4v) is 7.38. The molecule has 0 atom stereocenters. The Hall–Kier alpha value is -1.00. The van der Waals surface area contributed by atoms with Crippen LogP contribution in [0.3, 0.4) is 0 Å². The predicted octanol–water partition coefficient (Wildman–Crippen LogP) is 4.80. The van der Waals surface area contributed by atoms with Crippen LogP contribution in [-0.4, -0.2) is 59.2 Å². The summed E-state index contributed by atoms with van der Waals surface area (Å²) < 4.78 is 12.1. The van der Waals surface area contributed by atoms with Gasteiger partial charge in [-0.3, -0.25) is 4.79 Å². The highest BCUT2D eigenvalue weighted by Gasteiger charge is 2.37. The normalized spacial score (nSPS) is 12.2. The average Bonchev–Trinajstić information content (AvgIpc) is 2.65. The Kier molecular flexibility index (Phi) is 9.58. The predicted molar refractivity (Wildman–Crippen MR) is 109 cm³/mol. The van der Waals surface area contributed by atoms with Crippen molar-refractivity contribution in [1.82, 2.24) is 14.0 Å². The maximum absolute atomic E-state index is 13.1.